The molecule has 0 saturated carbocycles. The van der Waals surface area contributed by atoms with Crippen molar-refractivity contribution >= 4 is 17.8 Å². The predicted molar refractivity (Wildman–Crippen MR) is 60.6 cm³/mol. The maximum Gasteiger partial charge on any atom is 0.330 e. The molecule has 2 unspecified atom stereocenters. The summed E-state index contributed by atoms with van der Waals surface area (Å²) in [6.45, 7) is 3.85. The van der Waals surface area contributed by atoms with Crippen LogP contribution < -0.4 is 0 Å². The highest BCUT2D eigenvalue weighted by atomic mass is 16.5. The first-order valence-corrected chi connectivity index (χ1v) is 6.11. The first kappa shape index (κ1) is 13.0. The Morgan fingerprint density at radius 3 is 2.06 bits per heavy atom. The molecule has 2 amide bonds. The van der Waals surface area contributed by atoms with E-state index in [4.69, 9.17) is 4.74 Å². The number of carboxylic acids is 1. The zero-order valence-electron chi connectivity index (χ0n) is 10.5. The SMILES string of the molecule is CC1C(=O)N(C2(C(=O)O)CCOCC2)C(=O)C1C. The van der Waals surface area contributed by atoms with Crippen LogP contribution in [0.5, 0.6) is 0 Å². The van der Waals surface area contributed by atoms with Gasteiger partial charge in [0.05, 0.1) is 0 Å². The Labute approximate surface area is 105 Å². The summed E-state index contributed by atoms with van der Waals surface area (Å²) in [4.78, 5) is 36.8. The molecular formula is C12H17NO5. The summed E-state index contributed by atoms with van der Waals surface area (Å²) in [5.41, 5.74) is -1.41. The van der Waals surface area contributed by atoms with E-state index in [1.807, 2.05) is 0 Å². The summed E-state index contributed by atoms with van der Waals surface area (Å²) in [6, 6.07) is 0. The normalized spacial score (nSPS) is 31.8. The topological polar surface area (TPSA) is 83.9 Å². The highest BCUT2D eigenvalue weighted by Crippen LogP contribution is 2.37. The zero-order valence-corrected chi connectivity index (χ0v) is 10.5. The van der Waals surface area contributed by atoms with Gasteiger partial charge >= 0.3 is 5.97 Å². The van der Waals surface area contributed by atoms with Gasteiger partial charge in [-0.2, -0.15) is 0 Å². The second-order valence-corrected chi connectivity index (χ2v) is 5.04. The highest BCUT2D eigenvalue weighted by molar-refractivity contribution is 6.08. The molecule has 2 aliphatic heterocycles. The zero-order chi connectivity index (χ0) is 13.5. The van der Waals surface area contributed by atoms with Gasteiger partial charge in [0.1, 0.15) is 0 Å². The first-order chi connectivity index (χ1) is 8.42. The number of imide groups is 1. The minimum atomic E-state index is -1.41. The quantitative estimate of drug-likeness (QED) is 0.715. The fraction of sp³-hybridized carbons (Fsp3) is 0.750. The van der Waals surface area contributed by atoms with E-state index in [1.165, 1.54) is 0 Å². The molecule has 0 aromatic carbocycles. The molecule has 0 spiro atoms. The average molecular weight is 255 g/mol. The van der Waals surface area contributed by atoms with Crippen LogP contribution in [0.2, 0.25) is 0 Å². The molecule has 2 rings (SSSR count). The molecule has 100 valence electrons. The summed E-state index contributed by atoms with van der Waals surface area (Å²) < 4.78 is 5.15. The standard InChI is InChI=1S/C12H17NO5/c1-7-8(2)10(15)13(9(7)14)12(11(16)17)3-5-18-6-4-12/h7-8H,3-6H2,1-2H3,(H,16,17). The van der Waals surface area contributed by atoms with Crippen molar-refractivity contribution in [1.82, 2.24) is 4.90 Å². The third-order valence-electron chi connectivity index (χ3n) is 4.12. The molecule has 2 aliphatic rings. The number of hydrogen-bond acceptors (Lipinski definition) is 4. The molecule has 0 aromatic rings. The van der Waals surface area contributed by atoms with E-state index in [0.717, 1.165) is 4.90 Å². The van der Waals surface area contributed by atoms with Crippen LogP contribution in [0.15, 0.2) is 0 Å². The molecule has 2 atom stereocenters. The van der Waals surface area contributed by atoms with Crippen LogP contribution in [0.25, 0.3) is 0 Å². The fourth-order valence-corrected chi connectivity index (χ4v) is 2.61. The van der Waals surface area contributed by atoms with Crippen LogP contribution in [0.3, 0.4) is 0 Å². The Morgan fingerprint density at radius 2 is 1.67 bits per heavy atom. The Balaban J connectivity index is 2.40. The number of likely N-dealkylation sites (tertiary alicyclic amines) is 1. The van der Waals surface area contributed by atoms with Gasteiger partial charge in [0, 0.05) is 37.9 Å². The predicted octanol–water partition coefficient (Wildman–Crippen LogP) is 0.261. The van der Waals surface area contributed by atoms with Crippen molar-refractivity contribution < 1.29 is 24.2 Å². The minimum absolute atomic E-state index is 0.166. The summed E-state index contributed by atoms with van der Waals surface area (Å²) >= 11 is 0. The monoisotopic (exact) mass is 255 g/mol. The van der Waals surface area contributed by atoms with Crippen LogP contribution in [0.1, 0.15) is 26.7 Å². The lowest BCUT2D eigenvalue weighted by molar-refractivity contribution is -0.170. The maximum atomic E-state index is 12.1. The van der Waals surface area contributed by atoms with Gasteiger partial charge in [-0.1, -0.05) is 13.8 Å². The largest absolute Gasteiger partial charge is 0.479 e. The van der Waals surface area contributed by atoms with E-state index < -0.39 is 23.3 Å². The molecule has 18 heavy (non-hydrogen) atoms. The third-order valence-corrected chi connectivity index (χ3v) is 4.12. The molecule has 0 aromatic heterocycles. The minimum Gasteiger partial charge on any atom is -0.479 e. The Bertz CT molecular complexity index is 379. The second-order valence-electron chi connectivity index (χ2n) is 5.04. The molecule has 0 aliphatic carbocycles. The Morgan fingerprint density at radius 1 is 1.22 bits per heavy atom. The summed E-state index contributed by atoms with van der Waals surface area (Å²) in [5.74, 6) is -2.77. The molecular weight excluding hydrogens is 238 g/mol. The number of carboxylic acid groups (broad SMARTS) is 1. The van der Waals surface area contributed by atoms with Crippen LogP contribution in [-0.2, 0) is 19.1 Å². The van der Waals surface area contributed by atoms with E-state index in [0.29, 0.717) is 0 Å². The van der Waals surface area contributed by atoms with Gasteiger partial charge in [-0.3, -0.25) is 14.5 Å². The van der Waals surface area contributed by atoms with Crippen molar-refractivity contribution in [3.8, 4) is 0 Å². The van der Waals surface area contributed by atoms with Crippen molar-refractivity contribution in [1.29, 1.82) is 0 Å². The smallest absolute Gasteiger partial charge is 0.330 e. The van der Waals surface area contributed by atoms with Gasteiger partial charge in [-0.25, -0.2) is 4.79 Å². The second kappa shape index (κ2) is 4.35. The van der Waals surface area contributed by atoms with Crippen molar-refractivity contribution in [2.75, 3.05) is 13.2 Å². The van der Waals surface area contributed by atoms with Crippen LogP contribution in [0.4, 0.5) is 0 Å². The number of carbonyl (C=O) groups excluding carboxylic acids is 2. The van der Waals surface area contributed by atoms with E-state index in [1.54, 1.807) is 13.8 Å². The molecule has 0 bridgehead atoms. The van der Waals surface area contributed by atoms with Gasteiger partial charge < -0.3 is 9.84 Å². The Hall–Kier alpha value is -1.43. The van der Waals surface area contributed by atoms with E-state index in [-0.39, 0.29) is 37.9 Å². The molecule has 6 heteroatoms. The van der Waals surface area contributed by atoms with Crippen LogP contribution in [-0.4, -0.2) is 46.5 Å². The lowest BCUT2D eigenvalue weighted by atomic mass is 9.88. The lowest BCUT2D eigenvalue weighted by Crippen LogP contribution is -2.60. The third kappa shape index (κ3) is 1.63. The lowest BCUT2D eigenvalue weighted by Gasteiger charge is -2.39. The number of nitrogens with zero attached hydrogens (tertiary/aromatic N) is 1. The number of aliphatic carboxylic acids is 1. The van der Waals surface area contributed by atoms with Crippen molar-refractivity contribution in [3.05, 3.63) is 0 Å². The van der Waals surface area contributed by atoms with Crippen molar-refractivity contribution in [3.63, 3.8) is 0 Å². The van der Waals surface area contributed by atoms with Gasteiger partial charge in [-0.15, -0.1) is 0 Å². The molecule has 0 radical (unpaired) electrons. The molecule has 1 N–H and O–H groups in total. The average Bonchev–Trinajstić information content (AvgIpc) is 2.55. The maximum absolute atomic E-state index is 12.1. The van der Waals surface area contributed by atoms with E-state index in [2.05, 4.69) is 0 Å². The van der Waals surface area contributed by atoms with E-state index in [9.17, 15) is 19.5 Å². The van der Waals surface area contributed by atoms with Gasteiger partial charge in [0.15, 0.2) is 5.54 Å². The van der Waals surface area contributed by atoms with Gasteiger partial charge in [0.25, 0.3) is 0 Å². The first-order valence-electron chi connectivity index (χ1n) is 6.11. The van der Waals surface area contributed by atoms with Crippen molar-refractivity contribution in [2.24, 2.45) is 11.8 Å². The van der Waals surface area contributed by atoms with Crippen LogP contribution in [0, 0.1) is 11.8 Å². The number of carbonyl (C=O) groups is 3. The van der Waals surface area contributed by atoms with E-state index >= 15 is 0 Å². The number of ether oxygens (including phenoxy) is 1. The number of rotatable bonds is 2. The number of amides is 2. The summed E-state index contributed by atoms with van der Waals surface area (Å²) in [7, 11) is 0. The fourth-order valence-electron chi connectivity index (χ4n) is 2.61. The highest BCUT2D eigenvalue weighted by Gasteiger charge is 2.56. The summed E-state index contributed by atoms with van der Waals surface area (Å²) in [6.07, 6.45) is 0.332. The molecule has 2 fully saturated rings. The van der Waals surface area contributed by atoms with Crippen molar-refractivity contribution in [2.45, 2.75) is 32.2 Å². The van der Waals surface area contributed by atoms with Crippen LogP contribution >= 0.6 is 0 Å². The molecule has 6 nitrogen and oxygen atoms in total. The van der Waals surface area contributed by atoms with Gasteiger partial charge in [0.2, 0.25) is 11.8 Å². The number of hydrogen-bond donors (Lipinski definition) is 1. The Kier molecular flexibility index (Phi) is 3.14. The molecule has 2 saturated heterocycles. The summed E-state index contributed by atoms with van der Waals surface area (Å²) in [5, 5.41) is 9.46. The van der Waals surface area contributed by atoms with Gasteiger partial charge in [-0.05, 0) is 0 Å². The molecule has 2 heterocycles.